The zero-order valence-electron chi connectivity index (χ0n) is 12.4. The molecule has 1 heterocycles. The van der Waals surface area contributed by atoms with Crippen LogP contribution in [0.2, 0.25) is 0 Å². The molecule has 3 fully saturated rings. The molecule has 4 nitrogen and oxygen atoms in total. The number of hydrogen-bond donors (Lipinski definition) is 1. The van der Waals surface area contributed by atoms with Crippen LogP contribution in [-0.4, -0.2) is 47.8 Å². The Labute approximate surface area is 121 Å². The Kier molecular flexibility index (Phi) is 4.32. The number of carbonyl (C=O) groups is 1. The normalized spacial score (nSPS) is 34.4. The van der Waals surface area contributed by atoms with Crippen molar-refractivity contribution in [3.8, 4) is 0 Å². The minimum Gasteiger partial charge on any atom is -0.481 e. The van der Waals surface area contributed by atoms with Gasteiger partial charge in [0.25, 0.3) is 0 Å². The Balaban J connectivity index is 1.72. The van der Waals surface area contributed by atoms with E-state index >= 15 is 0 Å². The molecule has 1 aliphatic heterocycles. The molecule has 2 unspecified atom stereocenters. The van der Waals surface area contributed by atoms with Gasteiger partial charge in [-0.25, -0.2) is 0 Å². The molecule has 2 saturated carbocycles. The number of fused-ring (bicyclic) bond motifs is 1. The van der Waals surface area contributed by atoms with Crippen LogP contribution in [0.15, 0.2) is 0 Å². The summed E-state index contributed by atoms with van der Waals surface area (Å²) in [4.78, 5) is 14.3. The minimum absolute atomic E-state index is 0.354. The van der Waals surface area contributed by atoms with Gasteiger partial charge in [0.2, 0.25) is 0 Å². The SMILES string of the molecule is O=C(O)C1(CN2CCOC3CCCCC32)CCCCC1. The Morgan fingerprint density at radius 2 is 1.90 bits per heavy atom. The molecule has 3 aliphatic rings. The van der Waals surface area contributed by atoms with Crippen molar-refractivity contribution < 1.29 is 14.6 Å². The first-order valence-corrected chi connectivity index (χ1v) is 8.30. The molecule has 0 aromatic carbocycles. The molecule has 0 bridgehead atoms. The average Bonchev–Trinajstić information content (AvgIpc) is 2.48. The summed E-state index contributed by atoms with van der Waals surface area (Å²) in [7, 11) is 0. The van der Waals surface area contributed by atoms with Gasteiger partial charge in [0.1, 0.15) is 0 Å². The predicted molar refractivity (Wildman–Crippen MR) is 76.7 cm³/mol. The maximum atomic E-state index is 11.9. The molecule has 1 N–H and O–H groups in total. The number of hydrogen-bond acceptors (Lipinski definition) is 3. The lowest BCUT2D eigenvalue weighted by Crippen LogP contribution is -2.57. The third-order valence-corrected chi connectivity index (χ3v) is 5.62. The van der Waals surface area contributed by atoms with Crippen molar-refractivity contribution in [2.45, 2.75) is 69.9 Å². The van der Waals surface area contributed by atoms with Crippen LogP contribution < -0.4 is 0 Å². The van der Waals surface area contributed by atoms with E-state index < -0.39 is 11.4 Å². The van der Waals surface area contributed by atoms with E-state index in [9.17, 15) is 9.90 Å². The van der Waals surface area contributed by atoms with Crippen LogP contribution in [0.4, 0.5) is 0 Å². The highest BCUT2D eigenvalue weighted by molar-refractivity contribution is 5.75. The molecule has 20 heavy (non-hydrogen) atoms. The molecule has 4 heteroatoms. The van der Waals surface area contributed by atoms with Gasteiger partial charge >= 0.3 is 5.97 Å². The Bertz CT molecular complexity index is 350. The van der Waals surface area contributed by atoms with Gasteiger partial charge < -0.3 is 9.84 Å². The van der Waals surface area contributed by atoms with Gasteiger partial charge in [0.15, 0.2) is 0 Å². The lowest BCUT2D eigenvalue weighted by Gasteiger charge is -2.47. The number of ether oxygens (including phenoxy) is 1. The first-order valence-electron chi connectivity index (χ1n) is 8.30. The molecule has 0 spiro atoms. The maximum Gasteiger partial charge on any atom is 0.310 e. The minimum atomic E-state index is -0.573. The fourth-order valence-corrected chi connectivity index (χ4v) is 4.43. The summed E-state index contributed by atoms with van der Waals surface area (Å²) in [5.74, 6) is -0.573. The molecule has 0 aromatic heterocycles. The number of carboxylic acid groups (broad SMARTS) is 1. The highest BCUT2D eigenvalue weighted by Crippen LogP contribution is 2.39. The quantitative estimate of drug-likeness (QED) is 0.864. The topological polar surface area (TPSA) is 49.8 Å². The Morgan fingerprint density at radius 3 is 2.65 bits per heavy atom. The van der Waals surface area contributed by atoms with E-state index in [-0.39, 0.29) is 0 Å². The number of morpholine rings is 1. The molecule has 114 valence electrons. The first-order chi connectivity index (χ1) is 9.71. The average molecular weight is 281 g/mol. The van der Waals surface area contributed by atoms with Crippen LogP contribution in [0.1, 0.15) is 57.8 Å². The number of rotatable bonds is 3. The summed E-state index contributed by atoms with van der Waals surface area (Å²) in [6, 6.07) is 0.468. The van der Waals surface area contributed by atoms with E-state index in [2.05, 4.69) is 4.90 Å². The van der Waals surface area contributed by atoms with Crippen molar-refractivity contribution in [1.29, 1.82) is 0 Å². The highest BCUT2D eigenvalue weighted by Gasteiger charge is 2.44. The van der Waals surface area contributed by atoms with Crippen molar-refractivity contribution in [2.24, 2.45) is 5.41 Å². The second-order valence-electron chi connectivity index (χ2n) is 6.88. The van der Waals surface area contributed by atoms with Gasteiger partial charge in [-0.3, -0.25) is 9.69 Å². The van der Waals surface area contributed by atoms with Gasteiger partial charge in [-0.2, -0.15) is 0 Å². The standard InChI is InChI=1S/C16H27NO3/c18-15(19)16(8-4-1-5-9-16)12-17-10-11-20-14-7-3-2-6-13(14)17/h13-14H,1-12H2,(H,18,19). The zero-order chi connectivity index (χ0) is 14.0. The molecule has 2 atom stereocenters. The van der Waals surface area contributed by atoms with E-state index in [1.54, 1.807) is 0 Å². The largest absolute Gasteiger partial charge is 0.481 e. The molecule has 1 saturated heterocycles. The van der Waals surface area contributed by atoms with Crippen LogP contribution in [0.5, 0.6) is 0 Å². The van der Waals surface area contributed by atoms with E-state index in [0.29, 0.717) is 12.1 Å². The van der Waals surface area contributed by atoms with E-state index in [1.807, 2.05) is 0 Å². The fraction of sp³-hybridized carbons (Fsp3) is 0.938. The van der Waals surface area contributed by atoms with Crippen molar-refractivity contribution >= 4 is 5.97 Å². The van der Waals surface area contributed by atoms with Gasteiger partial charge in [-0.05, 0) is 25.7 Å². The summed E-state index contributed by atoms with van der Waals surface area (Å²) in [6.45, 7) is 2.43. The van der Waals surface area contributed by atoms with Crippen LogP contribution in [-0.2, 0) is 9.53 Å². The molecule has 2 aliphatic carbocycles. The Morgan fingerprint density at radius 1 is 1.15 bits per heavy atom. The van der Waals surface area contributed by atoms with Crippen LogP contribution in [0, 0.1) is 5.41 Å². The molecule has 0 radical (unpaired) electrons. The monoisotopic (exact) mass is 281 g/mol. The lowest BCUT2D eigenvalue weighted by atomic mass is 9.73. The lowest BCUT2D eigenvalue weighted by molar-refractivity contribution is -0.157. The number of nitrogens with zero attached hydrogens (tertiary/aromatic N) is 1. The van der Waals surface area contributed by atoms with Gasteiger partial charge in [0, 0.05) is 19.1 Å². The summed E-state index contributed by atoms with van der Waals surface area (Å²) in [5.41, 5.74) is -0.489. The van der Waals surface area contributed by atoms with Crippen LogP contribution >= 0.6 is 0 Å². The molecule has 0 aromatic rings. The van der Waals surface area contributed by atoms with Crippen LogP contribution in [0.3, 0.4) is 0 Å². The third kappa shape index (κ3) is 2.73. The maximum absolute atomic E-state index is 11.9. The fourth-order valence-electron chi connectivity index (χ4n) is 4.43. The van der Waals surface area contributed by atoms with Gasteiger partial charge in [-0.15, -0.1) is 0 Å². The van der Waals surface area contributed by atoms with Crippen molar-refractivity contribution in [2.75, 3.05) is 19.7 Å². The summed E-state index contributed by atoms with van der Waals surface area (Å²) < 4.78 is 5.91. The van der Waals surface area contributed by atoms with E-state index in [4.69, 9.17) is 4.74 Å². The summed E-state index contributed by atoms with van der Waals surface area (Å²) in [6.07, 6.45) is 10.3. The molecular weight excluding hydrogens is 254 g/mol. The van der Waals surface area contributed by atoms with E-state index in [1.165, 1.54) is 25.7 Å². The van der Waals surface area contributed by atoms with E-state index in [0.717, 1.165) is 51.8 Å². The molecular formula is C16H27NO3. The second kappa shape index (κ2) is 6.02. The van der Waals surface area contributed by atoms with Crippen LogP contribution in [0.25, 0.3) is 0 Å². The Hall–Kier alpha value is -0.610. The number of carboxylic acids is 1. The van der Waals surface area contributed by atoms with Crippen molar-refractivity contribution in [3.05, 3.63) is 0 Å². The zero-order valence-corrected chi connectivity index (χ0v) is 12.4. The van der Waals surface area contributed by atoms with Crippen molar-refractivity contribution in [3.63, 3.8) is 0 Å². The van der Waals surface area contributed by atoms with Crippen molar-refractivity contribution in [1.82, 2.24) is 4.90 Å². The molecule has 3 rings (SSSR count). The smallest absolute Gasteiger partial charge is 0.310 e. The van der Waals surface area contributed by atoms with Gasteiger partial charge in [-0.1, -0.05) is 32.1 Å². The van der Waals surface area contributed by atoms with Gasteiger partial charge in [0.05, 0.1) is 18.1 Å². The predicted octanol–water partition coefficient (Wildman–Crippen LogP) is 2.66. The second-order valence-corrected chi connectivity index (χ2v) is 6.88. The summed E-state index contributed by atoms with van der Waals surface area (Å²) in [5, 5.41) is 9.76. The highest BCUT2D eigenvalue weighted by atomic mass is 16.5. The molecule has 0 amide bonds. The first kappa shape index (κ1) is 14.3. The summed E-state index contributed by atoms with van der Waals surface area (Å²) >= 11 is 0. The number of aliphatic carboxylic acids is 1. The third-order valence-electron chi connectivity index (χ3n) is 5.62.